The number of amides is 1. The second kappa shape index (κ2) is 6.38. The van der Waals surface area contributed by atoms with E-state index in [0.29, 0.717) is 13.2 Å². The van der Waals surface area contributed by atoms with E-state index in [2.05, 4.69) is 11.4 Å². The third kappa shape index (κ3) is 3.15. The number of carbonyl (C=O) groups is 1. The Morgan fingerprint density at radius 1 is 1.42 bits per heavy atom. The molecule has 102 valence electrons. The van der Waals surface area contributed by atoms with E-state index in [1.54, 1.807) is 7.11 Å². The van der Waals surface area contributed by atoms with Crippen LogP contribution in [0.4, 0.5) is 5.69 Å². The van der Waals surface area contributed by atoms with Crippen molar-refractivity contribution in [1.29, 1.82) is 0 Å². The number of benzene rings is 1. The molecule has 4 nitrogen and oxygen atoms in total. The smallest absolute Gasteiger partial charge is 0.256 e. The van der Waals surface area contributed by atoms with Crippen LogP contribution in [0.5, 0.6) is 0 Å². The predicted molar refractivity (Wildman–Crippen MR) is 76.5 cm³/mol. The number of anilines is 1. The monoisotopic (exact) mass is 260 g/mol. The summed E-state index contributed by atoms with van der Waals surface area (Å²) in [6.45, 7) is 2.08. The molecule has 0 atom stereocenters. The van der Waals surface area contributed by atoms with Crippen LogP contribution in [-0.2, 0) is 4.74 Å². The molecule has 1 aliphatic heterocycles. The number of hydrogen-bond donors (Lipinski definition) is 1. The Labute approximate surface area is 114 Å². The highest BCUT2D eigenvalue weighted by molar-refractivity contribution is 5.99. The predicted octanol–water partition coefficient (Wildman–Crippen LogP) is 2.15. The van der Waals surface area contributed by atoms with Crippen LogP contribution in [-0.4, -0.2) is 44.7 Å². The minimum atomic E-state index is 0.0812. The van der Waals surface area contributed by atoms with E-state index >= 15 is 0 Å². The molecule has 0 bridgehead atoms. The first kappa shape index (κ1) is 13.6. The van der Waals surface area contributed by atoms with Crippen molar-refractivity contribution < 1.29 is 9.53 Å². The maximum atomic E-state index is 12.5. The summed E-state index contributed by atoms with van der Waals surface area (Å²) >= 11 is 0. The SMILES string of the molecule is CNc1ccccc1C(=O)N1CC=C(COC)CC1. The molecular formula is C15H20N2O2. The van der Waals surface area contributed by atoms with Crippen LogP contribution in [0.3, 0.4) is 0 Å². The van der Waals surface area contributed by atoms with Crippen molar-refractivity contribution in [2.24, 2.45) is 0 Å². The van der Waals surface area contributed by atoms with Gasteiger partial charge in [-0.1, -0.05) is 18.2 Å². The number of carbonyl (C=O) groups excluding carboxylic acids is 1. The average molecular weight is 260 g/mol. The molecule has 0 unspecified atom stereocenters. The lowest BCUT2D eigenvalue weighted by molar-refractivity contribution is 0.0766. The molecule has 0 aromatic heterocycles. The highest BCUT2D eigenvalue weighted by atomic mass is 16.5. The zero-order valence-electron chi connectivity index (χ0n) is 11.5. The number of nitrogens with one attached hydrogen (secondary N) is 1. The van der Waals surface area contributed by atoms with Gasteiger partial charge in [0, 0.05) is 32.9 Å². The fourth-order valence-corrected chi connectivity index (χ4v) is 2.27. The summed E-state index contributed by atoms with van der Waals surface area (Å²) in [6.07, 6.45) is 2.98. The highest BCUT2D eigenvalue weighted by Gasteiger charge is 2.20. The molecule has 0 saturated heterocycles. The van der Waals surface area contributed by atoms with Gasteiger partial charge >= 0.3 is 0 Å². The fourth-order valence-electron chi connectivity index (χ4n) is 2.27. The van der Waals surface area contributed by atoms with Gasteiger partial charge in [-0.25, -0.2) is 0 Å². The molecule has 1 aromatic rings. The van der Waals surface area contributed by atoms with E-state index in [1.165, 1.54) is 5.57 Å². The zero-order valence-corrected chi connectivity index (χ0v) is 11.5. The number of hydrogen-bond acceptors (Lipinski definition) is 3. The van der Waals surface area contributed by atoms with E-state index in [4.69, 9.17) is 4.74 Å². The van der Waals surface area contributed by atoms with Crippen molar-refractivity contribution in [3.63, 3.8) is 0 Å². The summed E-state index contributed by atoms with van der Waals surface area (Å²) in [7, 11) is 3.53. The fraction of sp³-hybridized carbons (Fsp3) is 0.400. The molecule has 0 aliphatic carbocycles. The largest absolute Gasteiger partial charge is 0.387 e. The van der Waals surface area contributed by atoms with Gasteiger partial charge in [-0.05, 0) is 24.1 Å². The molecular weight excluding hydrogens is 240 g/mol. The van der Waals surface area contributed by atoms with Crippen molar-refractivity contribution in [1.82, 2.24) is 4.90 Å². The molecule has 0 spiro atoms. The third-order valence-electron chi connectivity index (χ3n) is 3.35. The summed E-state index contributed by atoms with van der Waals surface area (Å²) in [4.78, 5) is 14.3. The van der Waals surface area contributed by atoms with Crippen LogP contribution in [0.2, 0.25) is 0 Å². The number of methoxy groups -OCH3 is 1. The van der Waals surface area contributed by atoms with Gasteiger partial charge in [0.05, 0.1) is 12.2 Å². The first-order valence-corrected chi connectivity index (χ1v) is 6.49. The minimum absolute atomic E-state index is 0.0812. The Hall–Kier alpha value is -1.81. The summed E-state index contributed by atoms with van der Waals surface area (Å²) in [5, 5.41) is 3.06. The second-order valence-corrected chi connectivity index (χ2v) is 4.59. The van der Waals surface area contributed by atoms with Crippen LogP contribution in [0.1, 0.15) is 16.8 Å². The van der Waals surface area contributed by atoms with Gasteiger partial charge in [-0.2, -0.15) is 0 Å². The third-order valence-corrected chi connectivity index (χ3v) is 3.35. The van der Waals surface area contributed by atoms with Crippen molar-refractivity contribution in [3.8, 4) is 0 Å². The number of nitrogens with zero attached hydrogens (tertiary/aromatic N) is 1. The van der Waals surface area contributed by atoms with Gasteiger partial charge in [0.1, 0.15) is 0 Å². The quantitative estimate of drug-likeness (QED) is 0.843. The number of para-hydroxylation sites is 1. The Balaban J connectivity index is 2.09. The molecule has 0 saturated carbocycles. The van der Waals surface area contributed by atoms with Gasteiger partial charge in [0.25, 0.3) is 5.91 Å². The zero-order chi connectivity index (χ0) is 13.7. The maximum absolute atomic E-state index is 12.5. The maximum Gasteiger partial charge on any atom is 0.256 e. The van der Waals surface area contributed by atoms with Crippen LogP contribution in [0, 0.1) is 0 Å². The van der Waals surface area contributed by atoms with Gasteiger partial charge in [-0.3, -0.25) is 4.79 Å². The molecule has 0 radical (unpaired) electrons. The Morgan fingerprint density at radius 3 is 2.84 bits per heavy atom. The summed E-state index contributed by atoms with van der Waals surface area (Å²) in [5.41, 5.74) is 2.88. The molecule has 1 amide bonds. The van der Waals surface area contributed by atoms with Crippen LogP contribution in [0.25, 0.3) is 0 Å². The van der Waals surface area contributed by atoms with E-state index in [-0.39, 0.29) is 5.91 Å². The van der Waals surface area contributed by atoms with Crippen LogP contribution < -0.4 is 5.32 Å². The van der Waals surface area contributed by atoms with Gasteiger partial charge < -0.3 is 15.0 Å². The standard InChI is InChI=1S/C15H20N2O2/c1-16-14-6-4-3-5-13(14)15(18)17-9-7-12(8-10-17)11-19-2/h3-7,16H,8-11H2,1-2H3. The Bertz CT molecular complexity index is 483. The van der Waals surface area contributed by atoms with E-state index in [9.17, 15) is 4.79 Å². The number of ether oxygens (including phenoxy) is 1. The Kier molecular flexibility index (Phi) is 4.58. The summed E-state index contributed by atoms with van der Waals surface area (Å²) < 4.78 is 5.12. The topological polar surface area (TPSA) is 41.6 Å². The van der Waals surface area contributed by atoms with Gasteiger partial charge in [0.2, 0.25) is 0 Å². The van der Waals surface area contributed by atoms with Crippen molar-refractivity contribution >= 4 is 11.6 Å². The molecule has 0 fully saturated rings. The van der Waals surface area contributed by atoms with Crippen LogP contribution in [0.15, 0.2) is 35.9 Å². The van der Waals surface area contributed by atoms with Crippen molar-refractivity contribution in [2.75, 3.05) is 39.2 Å². The van der Waals surface area contributed by atoms with Crippen LogP contribution >= 0.6 is 0 Å². The van der Waals surface area contributed by atoms with Crippen molar-refractivity contribution in [2.45, 2.75) is 6.42 Å². The van der Waals surface area contributed by atoms with Crippen molar-refractivity contribution in [3.05, 3.63) is 41.5 Å². The van der Waals surface area contributed by atoms with E-state index in [0.717, 1.165) is 24.2 Å². The van der Waals surface area contributed by atoms with Gasteiger partial charge in [0.15, 0.2) is 0 Å². The molecule has 19 heavy (non-hydrogen) atoms. The minimum Gasteiger partial charge on any atom is -0.387 e. The lowest BCUT2D eigenvalue weighted by Gasteiger charge is -2.27. The first-order valence-electron chi connectivity index (χ1n) is 6.49. The molecule has 4 heteroatoms. The second-order valence-electron chi connectivity index (χ2n) is 4.59. The normalized spacial score (nSPS) is 15.1. The summed E-state index contributed by atoms with van der Waals surface area (Å²) in [6, 6.07) is 7.60. The molecule has 1 N–H and O–H groups in total. The lowest BCUT2D eigenvalue weighted by atomic mass is 10.1. The van der Waals surface area contributed by atoms with Gasteiger partial charge in [-0.15, -0.1) is 0 Å². The molecule has 1 aromatic carbocycles. The first-order chi connectivity index (χ1) is 9.26. The highest BCUT2D eigenvalue weighted by Crippen LogP contribution is 2.19. The van der Waals surface area contributed by atoms with E-state index in [1.807, 2.05) is 36.2 Å². The molecule has 2 rings (SSSR count). The number of rotatable bonds is 4. The Morgan fingerprint density at radius 2 is 2.21 bits per heavy atom. The van der Waals surface area contributed by atoms with E-state index < -0.39 is 0 Å². The average Bonchev–Trinajstić information content (AvgIpc) is 2.47. The molecule has 1 heterocycles. The summed E-state index contributed by atoms with van der Waals surface area (Å²) in [5.74, 6) is 0.0812. The lowest BCUT2D eigenvalue weighted by Crippen LogP contribution is -2.35. The molecule has 1 aliphatic rings.